The molecule has 1 heterocycles. The quantitative estimate of drug-likeness (QED) is 0.705. The number of hydrogen-bond acceptors (Lipinski definition) is 4. The van der Waals surface area contributed by atoms with Crippen LogP contribution in [0.25, 0.3) is 0 Å². The molecule has 0 saturated carbocycles. The van der Waals surface area contributed by atoms with Gasteiger partial charge in [0.25, 0.3) is 5.91 Å². The smallest absolute Gasteiger partial charge is 0.274 e. The molecule has 0 saturated heterocycles. The van der Waals surface area contributed by atoms with Gasteiger partial charge in [-0.05, 0) is 5.56 Å². The van der Waals surface area contributed by atoms with Gasteiger partial charge in [0, 0.05) is 0 Å². The fraction of sp³-hybridized carbons (Fsp3) is 0.182. The lowest BCUT2D eigenvalue weighted by atomic mass is 10.1. The minimum Gasteiger partial charge on any atom is -0.394 e. The maximum absolute atomic E-state index is 11.7. The molecule has 0 radical (unpaired) electrons. The van der Waals surface area contributed by atoms with Crippen LogP contribution < -0.4 is 5.32 Å². The van der Waals surface area contributed by atoms with E-state index in [9.17, 15) is 9.90 Å². The molecule has 0 bridgehead atoms. The van der Waals surface area contributed by atoms with Gasteiger partial charge in [0.05, 0.1) is 18.8 Å². The van der Waals surface area contributed by atoms with Gasteiger partial charge < -0.3 is 10.4 Å². The fourth-order valence-corrected chi connectivity index (χ4v) is 1.46. The molecule has 0 aliphatic carbocycles. The van der Waals surface area contributed by atoms with Crippen molar-refractivity contribution in [2.45, 2.75) is 6.04 Å². The summed E-state index contributed by atoms with van der Waals surface area (Å²) < 4.78 is 0. The highest BCUT2D eigenvalue weighted by atomic mass is 16.3. The van der Waals surface area contributed by atoms with E-state index in [0.717, 1.165) is 5.56 Å². The number of hydrogen-bond donors (Lipinski definition) is 3. The number of aromatic nitrogens is 3. The Morgan fingerprint density at radius 3 is 2.76 bits per heavy atom. The molecular formula is C11H12N4O2. The molecule has 3 N–H and O–H groups in total. The maximum Gasteiger partial charge on any atom is 0.274 e. The number of H-pyrrole nitrogens is 1. The highest BCUT2D eigenvalue weighted by Crippen LogP contribution is 2.11. The van der Waals surface area contributed by atoms with Crippen molar-refractivity contribution in [3.63, 3.8) is 0 Å². The lowest BCUT2D eigenvalue weighted by molar-refractivity contribution is 0.0911. The molecule has 0 spiro atoms. The number of nitrogens with zero attached hydrogens (tertiary/aromatic N) is 2. The van der Waals surface area contributed by atoms with Gasteiger partial charge in [0.2, 0.25) is 0 Å². The predicted molar refractivity (Wildman–Crippen MR) is 60.1 cm³/mol. The molecule has 0 aliphatic heterocycles. The van der Waals surface area contributed by atoms with E-state index in [2.05, 4.69) is 20.7 Å². The molecule has 0 aliphatic rings. The zero-order chi connectivity index (χ0) is 12.1. The predicted octanol–water partition coefficient (Wildman–Crippen LogP) is 0.268. The summed E-state index contributed by atoms with van der Waals surface area (Å²) in [5.41, 5.74) is 1.03. The van der Waals surface area contributed by atoms with Crippen molar-refractivity contribution in [2.24, 2.45) is 0 Å². The van der Waals surface area contributed by atoms with Gasteiger partial charge in [-0.25, -0.2) is 0 Å². The van der Waals surface area contributed by atoms with Crippen LogP contribution in [-0.2, 0) is 0 Å². The van der Waals surface area contributed by atoms with Crippen LogP contribution in [0.15, 0.2) is 36.5 Å². The molecular weight excluding hydrogens is 220 g/mol. The van der Waals surface area contributed by atoms with Crippen molar-refractivity contribution in [1.29, 1.82) is 0 Å². The number of carbonyl (C=O) groups is 1. The molecule has 2 rings (SSSR count). The van der Waals surface area contributed by atoms with Crippen LogP contribution in [0.2, 0.25) is 0 Å². The highest BCUT2D eigenvalue weighted by molar-refractivity contribution is 5.92. The molecule has 17 heavy (non-hydrogen) atoms. The van der Waals surface area contributed by atoms with Crippen molar-refractivity contribution in [3.8, 4) is 0 Å². The minimum atomic E-state index is -0.444. The SMILES string of the molecule is O=C(N[C@H](CO)c1ccccc1)c1cn[nH]n1. The second kappa shape index (κ2) is 5.22. The van der Waals surface area contributed by atoms with Gasteiger partial charge in [0.1, 0.15) is 0 Å². The first-order valence-electron chi connectivity index (χ1n) is 5.13. The Hall–Kier alpha value is -2.21. The number of aromatic amines is 1. The molecule has 1 aromatic heterocycles. The van der Waals surface area contributed by atoms with Crippen molar-refractivity contribution < 1.29 is 9.90 Å². The average molecular weight is 232 g/mol. The molecule has 0 unspecified atom stereocenters. The first kappa shape index (κ1) is 11.3. The third-order valence-electron chi connectivity index (χ3n) is 2.34. The Balaban J connectivity index is 2.09. The molecule has 1 atom stereocenters. The zero-order valence-corrected chi connectivity index (χ0v) is 9.00. The van der Waals surface area contributed by atoms with E-state index in [1.807, 2.05) is 30.3 Å². The molecule has 88 valence electrons. The van der Waals surface area contributed by atoms with Crippen molar-refractivity contribution >= 4 is 5.91 Å². The minimum absolute atomic E-state index is 0.173. The lowest BCUT2D eigenvalue weighted by Crippen LogP contribution is -2.31. The standard InChI is InChI=1S/C11H12N4O2/c16-7-10(8-4-2-1-3-5-8)13-11(17)9-6-12-15-14-9/h1-6,10,16H,7H2,(H,13,17)(H,12,14,15)/t10-/m1/s1. The number of nitrogens with one attached hydrogen (secondary N) is 2. The Kier molecular flexibility index (Phi) is 3.46. The number of benzene rings is 1. The molecule has 1 amide bonds. The lowest BCUT2D eigenvalue weighted by Gasteiger charge is -2.15. The third-order valence-corrected chi connectivity index (χ3v) is 2.34. The number of rotatable bonds is 4. The van der Waals surface area contributed by atoms with Gasteiger partial charge in [-0.3, -0.25) is 4.79 Å². The largest absolute Gasteiger partial charge is 0.394 e. The fourth-order valence-electron chi connectivity index (χ4n) is 1.46. The Bertz CT molecular complexity index is 469. The van der Waals surface area contributed by atoms with Gasteiger partial charge in [-0.1, -0.05) is 30.3 Å². The highest BCUT2D eigenvalue weighted by Gasteiger charge is 2.16. The second-order valence-electron chi connectivity index (χ2n) is 3.47. The van der Waals surface area contributed by atoms with Gasteiger partial charge in [-0.15, -0.1) is 0 Å². The van der Waals surface area contributed by atoms with Gasteiger partial charge >= 0.3 is 0 Å². The molecule has 1 aromatic carbocycles. The average Bonchev–Trinajstić information content (AvgIpc) is 2.90. The number of aliphatic hydroxyl groups is 1. The van der Waals surface area contributed by atoms with Crippen LogP contribution in [-0.4, -0.2) is 33.0 Å². The third kappa shape index (κ3) is 2.67. The first-order valence-corrected chi connectivity index (χ1v) is 5.13. The van der Waals surface area contributed by atoms with E-state index in [4.69, 9.17) is 0 Å². The van der Waals surface area contributed by atoms with Crippen LogP contribution in [0.1, 0.15) is 22.1 Å². The summed E-state index contributed by atoms with van der Waals surface area (Å²) in [6, 6.07) is 8.80. The zero-order valence-electron chi connectivity index (χ0n) is 9.00. The topological polar surface area (TPSA) is 90.9 Å². The van der Waals surface area contributed by atoms with E-state index in [0.29, 0.717) is 0 Å². The monoisotopic (exact) mass is 232 g/mol. The number of amides is 1. The van der Waals surface area contributed by atoms with E-state index >= 15 is 0 Å². The number of aliphatic hydroxyl groups excluding tert-OH is 1. The van der Waals surface area contributed by atoms with E-state index in [-0.39, 0.29) is 18.2 Å². The summed E-state index contributed by atoms with van der Waals surface area (Å²) >= 11 is 0. The van der Waals surface area contributed by atoms with Crippen LogP contribution in [0.3, 0.4) is 0 Å². The van der Waals surface area contributed by atoms with Crippen LogP contribution in [0, 0.1) is 0 Å². The van der Waals surface area contributed by atoms with E-state index < -0.39 is 6.04 Å². The summed E-state index contributed by atoms with van der Waals surface area (Å²) in [5, 5.41) is 21.5. The van der Waals surface area contributed by atoms with Gasteiger partial charge in [0.15, 0.2) is 5.69 Å². The second-order valence-corrected chi connectivity index (χ2v) is 3.47. The normalized spacial score (nSPS) is 12.1. The maximum atomic E-state index is 11.7. The molecule has 6 nitrogen and oxygen atoms in total. The van der Waals surface area contributed by atoms with Crippen LogP contribution in [0.4, 0.5) is 0 Å². The van der Waals surface area contributed by atoms with E-state index in [1.165, 1.54) is 6.20 Å². The van der Waals surface area contributed by atoms with Crippen LogP contribution in [0.5, 0.6) is 0 Å². The van der Waals surface area contributed by atoms with Crippen molar-refractivity contribution in [3.05, 3.63) is 47.8 Å². The summed E-state index contributed by atoms with van der Waals surface area (Å²) in [6.07, 6.45) is 1.33. The first-order chi connectivity index (χ1) is 8.31. The summed E-state index contributed by atoms with van der Waals surface area (Å²) in [6.45, 7) is -0.173. The van der Waals surface area contributed by atoms with Crippen molar-refractivity contribution in [2.75, 3.05) is 6.61 Å². The Labute approximate surface area is 97.7 Å². The molecule has 2 aromatic rings. The van der Waals surface area contributed by atoms with Crippen molar-refractivity contribution in [1.82, 2.24) is 20.7 Å². The van der Waals surface area contributed by atoms with E-state index in [1.54, 1.807) is 0 Å². The Morgan fingerprint density at radius 1 is 1.41 bits per heavy atom. The summed E-state index contributed by atoms with van der Waals surface area (Å²) in [7, 11) is 0. The Morgan fingerprint density at radius 2 is 2.18 bits per heavy atom. The van der Waals surface area contributed by atoms with Crippen LogP contribution >= 0.6 is 0 Å². The summed E-state index contributed by atoms with van der Waals surface area (Å²) in [5.74, 6) is -0.373. The molecule has 6 heteroatoms. The van der Waals surface area contributed by atoms with Gasteiger partial charge in [-0.2, -0.15) is 15.4 Å². The summed E-state index contributed by atoms with van der Waals surface area (Å²) in [4.78, 5) is 11.7. The molecule has 0 fully saturated rings. The number of carbonyl (C=O) groups excluding carboxylic acids is 1.